The number of carbonyl (C=O) groups excluding carboxylic acids is 2. The first kappa shape index (κ1) is 20.4. The summed E-state index contributed by atoms with van der Waals surface area (Å²) in [6, 6.07) is 13.8. The Morgan fingerprint density at radius 2 is 1.73 bits per heavy atom. The molecule has 2 aromatic rings. The van der Waals surface area contributed by atoms with E-state index in [9.17, 15) is 18.0 Å². The first-order valence-electron chi connectivity index (χ1n) is 10.1. The highest BCUT2D eigenvalue weighted by molar-refractivity contribution is 7.92. The van der Waals surface area contributed by atoms with Gasteiger partial charge in [-0.1, -0.05) is 24.3 Å². The normalized spacial score (nSPS) is 17.0. The van der Waals surface area contributed by atoms with Crippen LogP contribution in [-0.4, -0.2) is 50.8 Å². The van der Waals surface area contributed by atoms with E-state index in [0.717, 1.165) is 5.56 Å². The third-order valence-electron chi connectivity index (χ3n) is 5.70. The summed E-state index contributed by atoms with van der Waals surface area (Å²) in [6.07, 6.45) is 2.05. The van der Waals surface area contributed by atoms with E-state index in [1.165, 1.54) is 23.4 Å². The number of amides is 2. The quantitative estimate of drug-likeness (QED) is 0.810. The molecule has 7 nitrogen and oxygen atoms in total. The van der Waals surface area contributed by atoms with Crippen LogP contribution < -0.4 is 9.62 Å². The fourth-order valence-electron chi connectivity index (χ4n) is 4.17. The summed E-state index contributed by atoms with van der Waals surface area (Å²) in [4.78, 5) is 26.0. The van der Waals surface area contributed by atoms with Crippen LogP contribution in [0.3, 0.4) is 0 Å². The van der Waals surface area contributed by atoms with Crippen molar-refractivity contribution < 1.29 is 18.0 Å². The minimum Gasteiger partial charge on any atom is -0.353 e. The first-order valence-corrected chi connectivity index (χ1v) is 11.6. The third-order valence-corrected chi connectivity index (χ3v) is 7.51. The lowest BCUT2D eigenvalue weighted by Crippen LogP contribution is -2.46. The van der Waals surface area contributed by atoms with E-state index in [1.54, 1.807) is 17.0 Å². The van der Waals surface area contributed by atoms with Gasteiger partial charge in [0, 0.05) is 38.2 Å². The van der Waals surface area contributed by atoms with Crippen LogP contribution in [0.15, 0.2) is 53.4 Å². The van der Waals surface area contributed by atoms with E-state index in [0.29, 0.717) is 50.1 Å². The molecule has 1 N–H and O–H groups in total. The third kappa shape index (κ3) is 3.92. The molecule has 1 saturated heterocycles. The summed E-state index contributed by atoms with van der Waals surface area (Å²) in [7, 11) is -3.75. The number of likely N-dealkylation sites (tertiary alicyclic amines) is 1. The molecule has 0 spiro atoms. The average Bonchev–Trinajstić information content (AvgIpc) is 3.18. The molecule has 0 aliphatic carbocycles. The monoisotopic (exact) mass is 427 g/mol. The van der Waals surface area contributed by atoms with Crippen molar-refractivity contribution in [2.45, 2.75) is 37.1 Å². The summed E-state index contributed by atoms with van der Waals surface area (Å²) in [5.74, 6) is -0.253. The fraction of sp³-hybridized carbons (Fsp3) is 0.364. The number of hydrogen-bond acceptors (Lipinski definition) is 4. The van der Waals surface area contributed by atoms with E-state index < -0.39 is 10.0 Å². The van der Waals surface area contributed by atoms with Crippen molar-refractivity contribution in [2.75, 3.05) is 23.9 Å². The van der Waals surface area contributed by atoms with Crippen LogP contribution in [0.25, 0.3) is 0 Å². The highest BCUT2D eigenvalue weighted by atomic mass is 32.2. The van der Waals surface area contributed by atoms with Gasteiger partial charge in [0.1, 0.15) is 0 Å². The molecule has 0 atom stereocenters. The number of para-hydroxylation sites is 1. The highest BCUT2D eigenvalue weighted by Crippen LogP contribution is 2.32. The molecule has 0 unspecified atom stereocenters. The second-order valence-corrected chi connectivity index (χ2v) is 9.61. The van der Waals surface area contributed by atoms with E-state index in [2.05, 4.69) is 5.32 Å². The molecular weight excluding hydrogens is 402 g/mol. The van der Waals surface area contributed by atoms with Crippen LogP contribution in [0.2, 0.25) is 0 Å². The summed E-state index contributed by atoms with van der Waals surface area (Å²) in [5, 5.41) is 2.89. The zero-order valence-corrected chi connectivity index (χ0v) is 17.7. The van der Waals surface area contributed by atoms with Crippen molar-refractivity contribution in [3.8, 4) is 0 Å². The van der Waals surface area contributed by atoms with Gasteiger partial charge in [-0.2, -0.15) is 0 Å². The molecule has 30 heavy (non-hydrogen) atoms. The average molecular weight is 428 g/mol. The predicted molar refractivity (Wildman–Crippen MR) is 114 cm³/mol. The Morgan fingerprint density at radius 1 is 1.00 bits per heavy atom. The summed E-state index contributed by atoms with van der Waals surface area (Å²) < 4.78 is 27.9. The van der Waals surface area contributed by atoms with Gasteiger partial charge in [0.05, 0.1) is 10.6 Å². The zero-order valence-electron chi connectivity index (χ0n) is 16.9. The second-order valence-electron chi connectivity index (χ2n) is 7.75. The summed E-state index contributed by atoms with van der Waals surface area (Å²) >= 11 is 0. The number of sulfonamides is 1. The van der Waals surface area contributed by atoms with Crippen LogP contribution in [0.1, 0.15) is 35.7 Å². The Morgan fingerprint density at radius 3 is 2.47 bits per heavy atom. The molecule has 1 fully saturated rings. The Balaban J connectivity index is 1.52. The molecule has 2 aliphatic rings. The van der Waals surface area contributed by atoms with Gasteiger partial charge in [0.15, 0.2) is 0 Å². The molecule has 2 aromatic carbocycles. The van der Waals surface area contributed by atoms with Crippen molar-refractivity contribution in [1.82, 2.24) is 10.2 Å². The number of benzene rings is 2. The molecule has 2 heterocycles. The van der Waals surface area contributed by atoms with Crippen LogP contribution in [0, 0.1) is 0 Å². The lowest BCUT2D eigenvalue weighted by atomic mass is 10.0. The molecule has 0 bridgehead atoms. The number of nitrogens with one attached hydrogen (secondary N) is 1. The Hall–Kier alpha value is -2.87. The van der Waals surface area contributed by atoms with Crippen molar-refractivity contribution in [2.24, 2.45) is 0 Å². The smallest absolute Gasteiger partial charge is 0.264 e. The number of rotatable bonds is 4. The highest BCUT2D eigenvalue weighted by Gasteiger charge is 2.31. The van der Waals surface area contributed by atoms with Crippen LogP contribution in [0.5, 0.6) is 0 Å². The standard InChI is InChI=1S/C22H25N3O4S/c1-16(26)23-19-10-12-24(13-11-19)22(27)18-6-4-7-20(15-18)30(28,29)25-14-9-17-5-2-3-8-21(17)25/h2-8,15,19H,9-14H2,1H3,(H,23,26). The van der Waals surface area contributed by atoms with Crippen molar-refractivity contribution in [1.29, 1.82) is 0 Å². The molecule has 4 rings (SSSR count). The molecular formula is C22H25N3O4S. The van der Waals surface area contributed by atoms with Crippen molar-refractivity contribution >= 4 is 27.5 Å². The number of carbonyl (C=O) groups is 2. The summed E-state index contributed by atoms with van der Waals surface area (Å²) in [6.45, 7) is 2.94. The van der Waals surface area contributed by atoms with Gasteiger partial charge in [-0.05, 0) is 49.1 Å². The maximum Gasteiger partial charge on any atom is 0.264 e. The Bertz CT molecular complexity index is 1080. The number of fused-ring (bicyclic) bond motifs is 1. The topological polar surface area (TPSA) is 86.8 Å². The van der Waals surface area contributed by atoms with Gasteiger partial charge in [0.25, 0.3) is 15.9 Å². The largest absolute Gasteiger partial charge is 0.353 e. The van der Waals surface area contributed by atoms with E-state index in [4.69, 9.17) is 0 Å². The molecule has 0 saturated carbocycles. The lowest BCUT2D eigenvalue weighted by molar-refractivity contribution is -0.119. The van der Waals surface area contributed by atoms with Crippen LogP contribution >= 0.6 is 0 Å². The van der Waals surface area contributed by atoms with Gasteiger partial charge in [-0.25, -0.2) is 8.42 Å². The molecule has 2 amide bonds. The minimum absolute atomic E-state index is 0.0684. The van der Waals surface area contributed by atoms with Gasteiger partial charge < -0.3 is 10.2 Å². The Labute approximate surface area is 176 Å². The predicted octanol–water partition coefficient (Wildman–Crippen LogP) is 2.18. The minimum atomic E-state index is -3.75. The fourth-order valence-corrected chi connectivity index (χ4v) is 5.72. The van der Waals surface area contributed by atoms with Crippen LogP contribution in [-0.2, 0) is 21.2 Å². The number of piperidine rings is 1. The number of nitrogens with zero attached hydrogens (tertiary/aromatic N) is 2. The van der Waals surface area contributed by atoms with Gasteiger partial charge in [-0.15, -0.1) is 0 Å². The van der Waals surface area contributed by atoms with Crippen molar-refractivity contribution in [3.05, 3.63) is 59.7 Å². The Kier molecular flexibility index (Phi) is 5.51. The van der Waals surface area contributed by atoms with Gasteiger partial charge >= 0.3 is 0 Å². The zero-order chi connectivity index (χ0) is 21.3. The number of anilines is 1. The lowest BCUT2D eigenvalue weighted by Gasteiger charge is -2.32. The van der Waals surface area contributed by atoms with Gasteiger partial charge in [-0.3, -0.25) is 13.9 Å². The second kappa shape index (κ2) is 8.10. The van der Waals surface area contributed by atoms with E-state index in [1.807, 2.05) is 24.3 Å². The maximum absolute atomic E-state index is 13.3. The SMILES string of the molecule is CC(=O)NC1CCN(C(=O)c2cccc(S(=O)(=O)N3CCc4ccccc43)c2)CC1. The molecule has 0 aromatic heterocycles. The van der Waals surface area contributed by atoms with Crippen LogP contribution in [0.4, 0.5) is 5.69 Å². The van der Waals surface area contributed by atoms with E-state index in [-0.39, 0.29) is 22.8 Å². The van der Waals surface area contributed by atoms with Gasteiger partial charge in [0.2, 0.25) is 5.91 Å². The van der Waals surface area contributed by atoms with Crippen molar-refractivity contribution in [3.63, 3.8) is 0 Å². The van der Waals surface area contributed by atoms with E-state index >= 15 is 0 Å². The molecule has 158 valence electrons. The molecule has 2 aliphatic heterocycles. The molecule has 0 radical (unpaired) electrons. The maximum atomic E-state index is 13.3. The summed E-state index contributed by atoms with van der Waals surface area (Å²) in [5.41, 5.74) is 2.08. The number of hydrogen-bond donors (Lipinski definition) is 1. The first-order chi connectivity index (χ1) is 14.4. The molecule has 8 heteroatoms.